The summed E-state index contributed by atoms with van der Waals surface area (Å²) in [5.74, 6) is 0. The van der Waals surface area contributed by atoms with E-state index in [1.807, 2.05) is 4.40 Å². The zero-order valence-corrected chi connectivity index (χ0v) is 13.8. The molecule has 2 heterocycles. The van der Waals surface area contributed by atoms with Gasteiger partial charge in [-0.3, -0.25) is 9.20 Å². The maximum absolute atomic E-state index is 12.5. The number of thiazole rings is 1. The van der Waals surface area contributed by atoms with Gasteiger partial charge in [0.25, 0.3) is 5.56 Å². The fourth-order valence-electron chi connectivity index (χ4n) is 3.79. The molecule has 4 rings (SSSR count). The number of nitrogens with zero attached hydrogens (tertiary/aromatic N) is 2. The molecule has 0 atom stereocenters. The Kier molecular flexibility index (Phi) is 4.01. The Morgan fingerprint density at radius 3 is 2.86 bits per heavy atom. The minimum Gasteiger partial charge on any atom is -0.308 e. The summed E-state index contributed by atoms with van der Waals surface area (Å²) in [6.45, 7) is 0.721. The summed E-state index contributed by atoms with van der Waals surface area (Å²) in [5, 5.41) is 3.59. The summed E-state index contributed by atoms with van der Waals surface area (Å²) >= 11 is 1.71. The van der Waals surface area contributed by atoms with E-state index in [0.29, 0.717) is 6.04 Å². The maximum atomic E-state index is 12.5. The standard InChI is InChI=1S/C17H23N3OS/c21-16-10-13(11-18-12-6-2-1-3-7-12)19-17-20(16)14-8-4-5-9-15(14)22-17/h10,12,18H,1-9,11H2. The van der Waals surface area contributed by atoms with E-state index in [1.165, 1.54) is 55.5 Å². The monoisotopic (exact) mass is 317 g/mol. The van der Waals surface area contributed by atoms with Gasteiger partial charge in [0.15, 0.2) is 4.96 Å². The Bertz CT molecular complexity index is 727. The van der Waals surface area contributed by atoms with Crippen LogP contribution in [-0.2, 0) is 19.4 Å². The molecule has 0 amide bonds. The van der Waals surface area contributed by atoms with Crippen LogP contribution in [0.4, 0.5) is 0 Å². The Morgan fingerprint density at radius 2 is 2.00 bits per heavy atom. The number of aromatic nitrogens is 2. The summed E-state index contributed by atoms with van der Waals surface area (Å²) in [4.78, 5) is 19.5. The van der Waals surface area contributed by atoms with E-state index in [2.05, 4.69) is 5.32 Å². The summed E-state index contributed by atoms with van der Waals surface area (Å²) in [6, 6.07) is 2.33. The molecule has 2 aliphatic rings. The number of rotatable bonds is 3. The third-order valence-corrected chi connectivity index (χ3v) is 6.13. The van der Waals surface area contributed by atoms with Gasteiger partial charge in [0.05, 0.1) is 5.69 Å². The van der Waals surface area contributed by atoms with Crippen LogP contribution in [0.1, 0.15) is 61.2 Å². The van der Waals surface area contributed by atoms with Crippen LogP contribution in [-0.4, -0.2) is 15.4 Å². The molecule has 118 valence electrons. The van der Waals surface area contributed by atoms with Crippen molar-refractivity contribution in [2.24, 2.45) is 0 Å². The average molecular weight is 317 g/mol. The normalized spacial score (nSPS) is 19.5. The molecule has 0 bridgehead atoms. The molecular formula is C17H23N3OS. The first-order valence-electron chi connectivity index (χ1n) is 8.58. The highest BCUT2D eigenvalue weighted by molar-refractivity contribution is 7.17. The number of nitrogens with one attached hydrogen (secondary N) is 1. The molecule has 2 aliphatic carbocycles. The van der Waals surface area contributed by atoms with Crippen LogP contribution in [0.25, 0.3) is 4.96 Å². The van der Waals surface area contributed by atoms with Crippen LogP contribution in [0.5, 0.6) is 0 Å². The first kappa shape index (κ1) is 14.4. The van der Waals surface area contributed by atoms with Gasteiger partial charge in [0.2, 0.25) is 0 Å². The number of fused-ring (bicyclic) bond motifs is 3. The topological polar surface area (TPSA) is 46.4 Å². The van der Waals surface area contributed by atoms with Gasteiger partial charge in [0, 0.05) is 29.2 Å². The van der Waals surface area contributed by atoms with Gasteiger partial charge in [-0.2, -0.15) is 0 Å². The molecule has 0 aliphatic heterocycles. The zero-order chi connectivity index (χ0) is 14.9. The van der Waals surface area contributed by atoms with E-state index in [0.717, 1.165) is 30.0 Å². The lowest BCUT2D eigenvalue weighted by atomic mass is 9.95. The Morgan fingerprint density at radius 1 is 1.18 bits per heavy atom. The van der Waals surface area contributed by atoms with Crippen LogP contribution in [0, 0.1) is 0 Å². The van der Waals surface area contributed by atoms with Gasteiger partial charge in [-0.05, 0) is 38.5 Å². The molecule has 1 fully saturated rings. The van der Waals surface area contributed by atoms with Crippen molar-refractivity contribution < 1.29 is 0 Å². The first-order chi connectivity index (χ1) is 10.8. The molecule has 0 aromatic carbocycles. The number of hydrogen-bond acceptors (Lipinski definition) is 4. The number of hydrogen-bond donors (Lipinski definition) is 1. The maximum Gasteiger partial charge on any atom is 0.259 e. The third kappa shape index (κ3) is 2.72. The van der Waals surface area contributed by atoms with Gasteiger partial charge in [0.1, 0.15) is 0 Å². The number of aryl methyl sites for hydroxylation is 2. The molecule has 0 spiro atoms. The Labute approximate surface area is 134 Å². The highest BCUT2D eigenvalue weighted by atomic mass is 32.1. The highest BCUT2D eigenvalue weighted by Crippen LogP contribution is 2.28. The van der Waals surface area contributed by atoms with E-state index in [4.69, 9.17) is 4.98 Å². The Balaban J connectivity index is 1.58. The molecule has 1 saturated carbocycles. The van der Waals surface area contributed by atoms with Crippen LogP contribution in [0.3, 0.4) is 0 Å². The Hall–Kier alpha value is -1.20. The predicted molar refractivity (Wildman–Crippen MR) is 89.7 cm³/mol. The zero-order valence-electron chi connectivity index (χ0n) is 12.9. The second-order valence-corrected chi connectivity index (χ2v) is 7.66. The smallest absolute Gasteiger partial charge is 0.259 e. The molecule has 0 unspecified atom stereocenters. The molecule has 4 nitrogen and oxygen atoms in total. The van der Waals surface area contributed by atoms with Crippen LogP contribution in [0.2, 0.25) is 0 Å². The van der Waals surface area contributed by atoms with Crippen molar-refractivity contribution in [2.45, 2.75) is 70.4 Å². The minimum absolute atomic E-state index is 0.102. The average Bonchev–Trinajstić information content (AvgIpc) is 2.92. The van der Waals surface area contributed by atoms with E-state index in [1.54, 1.807) is 17.4 Å². The SMILES string of the molecule is O=c1cc(CNC2CCCCC2)nc2sc3c(n12)CCCC3. The fraction of sp³-hybridized carbons (Fsp3) is 0.647. The van der Waals surface area contributed by atoms with Crippen LogP contribution < -0.4 is 10.9 Å². The molecule has 1 N–H and O–H groups in total. The van der Waals surface area contributed by atoms with E-state index < -0.39 is 0 Å². The van der Waals surface area contributed by atoms with Gasteiger partial charge < -0.3 is 5.32 Å². The minimum atomic E-state index is 0.102. The van der Waals surface area contributed by atoms with Gasteiger partial charge in [-0.25, -0.2) is 4.98 Å². The van der Waals surface area contributed by atoms with Crippen molar-refractivity contribution in [3.05, 3.63) is 32.7 Å². The van der Waals surface area contributed by atoms with Crippen LogP contribution in [0.15, 0.2) is 10.9 Å². The lowest BCUT2D eigenvalue weighted by Crippen LogP contribution is -2.31. The summed E-state index contributed by atoms with van der Waals surface area (Å²) in [6.07, 6.45) is 11.1. The van der Waals surface area contributed by atoms with Crippen LogP contribution >= 0.6 is 11.3 Å². The molecule has 22 heavy (non-hydrogen) atoms. The first-order valence-corrected chi connectivity index (χ1v) is 9.39. The molecule has 0 radical (unpaired) electrons. The summed E-state index contributed by atoms with van der Waals surface area (Å²) < 4.78 is 1.85. The van der Waals surface area contributed by atoms with Crippen molar-refractivity contribution in [1.82, 2.24) is 14.7 Å². The second kappa shape index (κ2) is 6.13. The largest absolute Gasteiger partial charge is 0.308 e. The fourth-order valence-corrected chi connectivity index (χ4v) is 5.02. The van der Waals surface area contributed by atoms with Gasteiger partial charge >= 0.3 is 0 Å². The van der Waals surface area contributed by atoms with Crippen molar-refractivity contribution in [3.63, 3.8) is 0 Å². The predicted octanol–water partition coefficient (Wildman–Crippen LogP) is 3.06. The van der Waals surface area contributed by atoms with E-state index in [9.17, 15) is 4.79 Å². The summed E-state index contributed by atoms with van der Waals surface area (Å²) in [7, 11) is 0. The van der Waals surface area contributed by atoms with Gasteiger partial charge in [-0.15, -0.1) is 11.3 Å². The molecule has 0 saturated heterocycles. The summed E-state index contributed by atoms with van der Waals surface area (Å²) in [5.41, 5.74) is 2.22. The van der Waals surface area contributed by atoms with Crippen molar-refractivity contribution >= 4 is 16.3 Å². The lowest BCUT2D eigenvalue weighted by Gasteiger charge is -2.22. The molecular weight excluding hydrogens is 294 g/mol. The molecule has 2 aromatic heterocycles. The van der Waals surface area contributed by atoms with Gasteiger partial charge in [-0.1, -0.05) is 19.3 Å². The third-order valence-electron chi connectivity index (χ3n) is 4.99. The highest BCUT2D eigenvalue weighted by Gasteiger charge is 2.19. The molecule has 2 aromatic rings. The quantitative estimate of drug-likeness (QED) is 0.946. The van der Waals surface area contributed by atoms with Crippen molar-refractivity contribution in [1.29, 1.82) is 0 Å². The van der Waals surface area contributed by atoms with Crippen molar-refractivity contribution in [2.75, 3.05) is 0 Å². The molecule has 5 heteroatoms. The van der Waals surface area contributed by atoms with E-state index in [-0.39, 0.29) is 5.56 Å². The lowest BCUT2D eigenvalue weighted by molar-refractivity contribution is 0.371. The van der Waals surface area contributed by atoms with E-state index >= 15 is 0 Å². The second-order valence-electron chi connectivity index (χ2n) is 6.60. The van der Waals surface area contributed by atoms with Crippen molar-refractivity contribution in [3.8, 4) is 0 Å².